The smallest absolute Gasteiger partial charge is 0.393 e. The number of alkyl halides is 3. The quantitative estimate of drug-likeness (QED) is 0.789. The van der Waals surface area contributed by atoms with E-state index in [0.717, 1.165) is 12.8 Å². The van der Waals surface area contributed by atoms with Crippen molar-refractivity contribution in [2.75, 3.05) is 26.2 Å². The maximum Gasteiger partial charge on any atom is 0.393 e. The summed E-state index contributed by atoms with van der Waals surface area (Å²) in [5, 5.41) is 12.6. The van der Waals surface area contributed by atoms with Crippen LogP contribution in [0.25, 0.3) is 0 Å². The van der Waals surface area contributed by atoms with E-state index in [0.29, 0.717) is 19.5 Å². The number of nitrogens with one attached hydrogen (secondary N) is 1. The van der Waals surface area contributed by atoms with Gasteiger partial charge in [-0.2, -0.15) is 13.2 Å². The van der Waals surface area contributed by atoms with E-state index in [1.165, 1.54) is 0 Å². The predicted molar refractivity (Wildman–Crippen MR) is 72.0 cm³/mol. The summed E-state index contributed by atoms with van der Waals surface area (Å²) < 4.78 is 38.6. The minimum absolute atomic E-state index is 0.0289. The lowest BCUT2D eigenvalue weighted by atomic mass is 9.89. The Balaban J connectivity index is 2.07. The van der Waals surface area contributed by atoms with E-state index in [1.807, 2.05) is 6.92 Å². The molecule has 2 rings (SSSR count). The Kier molecular flexibility index (Phi) is 4.82. The third kappa shape index (κ3) is 3.69. The van der Waals surface area contributed by atoms with Gasteiger partial charge in [-0.15, -0.1) is 0 Å². The molecule has 0 amide bonds. The van der Waals surface area contributed by atoms with Crippen LogP contribution >= 0.6 is 0 Å². The van der Waals surface area contributed by atoms with Gasteiger partial charge in [-0.1, -0.05) is 6.92 Å². The summed E-state index contributed by atoms with van der Waals surface area (Å²) in [6.45, 7) is 2.94. The predicted octanol–water partition coefficient (Wildman–Crippen LogP) is 2.10. The van der Waals surface area contributed by atoms with E-state index in [2.05, 4.69) is 5.32 Å². The van der Waals surface area contributed by atoms with Gasteiger partial charge in [0.2, 0.25) is 0 Å². The van der Waals surface area contributed by atoms with E-state index < -0.39 is 23.6 Å². The zero-order chi connectivity index (χ0) is 15.7. The lowest BCUT2D eigenvalue weighted by Crippen LogP contribution is -2.62. The molecule has 2 unspecified atom stereocenters. The third-order valence-corrected chi connectivity index (χ3v) is 4.59. The highest BCUT2D eigenvalue weighted by Gasteiger charge is 2.52. The number of likely N-dealkylation sites (tertiary alicyclic amines) is 1. The first-order chi connectivity index (χ1) is 9.79. The maximum absolute atomic E-state index is 12.9. The number of hydrogen-bond donors (Lipinski definition) is 2. The fourth-order valence-corrected chi connectivity index (χ4v) is 3.36. The van der Waals surface area contributed by atoms with Gasteiger partial charge in [0.1, 0.15) is 5.54 Å². The number of carboxylic acids is 1. The molecule has 1 aliphatic carbocycles. The van der Waals surface area contributed by atoms with Gasteiger partial charge in [-0.05, 0) is 44.7 Å². The lowest BCUT2D eigenvalue weighted by Gasteiger charge is -2.40. The van der Waals surface area contributed by atoms with Crippen molar-refractivity contribution in [1.29, 1.82) is 0 Å². The average Bonchev–Trinajstić information content (AvgIpc) is 3.21. The highest BCUT2D eigenvalue weighted by atomic mass is 19.4. The molecule has 4 nitrogen and oxygen atoms in total. The second-order valence-corrected chi connectivity index (χ2v) is 6.20. The zero-order valence-electron chi connectivity index (χ0n) is 12.2. The second kappa shape index (κ2) is 6.12. The first-order valence-corrected chi connectivity index (χ1v) is 7.57. The molecule has 0 aromatic heterocycles. The van der Waals surface area contributed by atoms with Gasteiger partial charge in [0, 0.05) is 13.1 Å². The molecular weight excluding hydrogens is 285 g/mol. The van der Waals surface area contributed by atoms with E-state index in [1.54, 1.807) is 4.90 Å². The highest BCUT2D eigenvalue weighted by molar-refractivity contribution is 5.80. The molecule has 21 heavy (non-hydrogen) atoms. The van der Waals surface area contributed by atoms with Crippen molar-refractivity contribution in [3.8, 4) is 0 Å². The Morgan fingerprint density at radius 1 is 1.29 bits per heavy atom. The Hall–Kier alpha value is -0.820. The number of nitrogens with zero attached hydrogens (tertiary/aromatic N) is 1. The number of halogens is 3. The minimum atomic E-state index is -4.19. The van der Waals surface area contributed by atoms with Gasteiger partial charge >= 0.3 is 12.1 Å². The van der Waals surface area contributed by atoms with Crippen molar-refractivity contribution in [1.82, 2.24) is 10.2 Å². The van der Waals surface area contributed by atoms with Gasteiger partial charge < -0.3 is 15.3 Å². The van der Waals surface area contributed by atoms with Crippen LogP contribution in [-0.4, -0.2) is 53.9 Å². The van der Waals surface area contributed by atoms with Crippen molar-refractivity contribution < 1.29 is 23.1 Å². The van der Waals surface area contributed by atoms with Crippen LogP contribution in [0.2, 0.25) is 0 Å². The molecule has 0 radical (unpaired) electrons. The summed E-state index contributed by atoms with van der Waals surface area (Å²) in [7, 11) is 0. The van der Waals surface area contributed by atoms with Crippen molar-refractivity contribution in [3.05, 3.63) is 0 Å². The highest BCUT2D eigenvalue weighted by Crippen LogP contribution is 2.41. The summed E-state index contributed by atoms with van der Waals surface area (Å²) in [5.74, 6) is -2.25. The lowest BCUT2D eigenvalue weighted by molar-refractivity contribution is -0.187. The van der Waals surface area contributed by atoms with Crippen LogP contribution in [0.3, 0.4) is 0 Å². The van der Waals surface area contributed by atoms with E-state index in [-0.39, 0.29) is 25.4 Å². The molecule has 0 aromatic rings. The van der Waals surface area contributed by atoms with Crippen LogP contribution in [0.4, 0.5) is 13.2 Å². The molecule has 1 aliphatic heterocycles. The third-order valence-electron chi connectivity index (χ3n) is 4.59. The average molecular weight is 308 g/mol. The van der Waals surface area contributed by atoms with Crippen molar-refractivity contribution in [2.24, 2.45) is 11.8 Å². The first kappa shape index (κ1) is 16.5. The number of likely N-dealkylation sites (N-methyl/N-ethyl adjacent to an activating group) is 1. The molecule has 2 fully saturated rings. The Morgan fingerprint density at radius 3 is 2.43 bits per heavy atom. The molecule has 2 aliphatic rings. The molecule has 1 heterocycles. The SMILES string of the molecule is CCNC(CN1CCCC(C(F)(F)F)C1)(C(=O)O)C1CC1. The Morgan fingerprint density at radius 2 is 1.95 bits per heavy atom. The van der Waals surface area contributed by atoms with Crippen molar-refractivity contribution >= 4 is 5.97 Å². The maximum atomic E-state index is 12.9. The summed E-state index contributed by atoms with van der Waals surface area (Å²) in [5.41, 5.74) is -1.10. The summed E-state index contributed by atoms with van der Waals surface area (Å²) in [4.78, 5) is 13.4. The number of piperidine rings is 1. The number of carboxylic acid groups (broad SMARTS) is 1. The topological polar surface area (TPSA) is 52.6 Å². The molecule has 0 spiro atoms. The standard InChI is InChI=1S/C14H23F3N2O2/c1-2-18-13(12(20)21,10-5-6-10)9-19-7-3-4-11(8-19)14(15,16)17/h10-11,18H,2-9H2,1H3,(H,20,21). The first-order valence-electron chi connectivity index (χ1n) is 7.57. The van der Waals surface area contributed by atoms with E-state index >= 15 is 0 Å². The molecule has 2 atom stereocenters. The number of aliphatic carboxylic acids is 1. The summed E-state index contributed by atoms with van der Waals surface area (Å²) >= 11 is 0. The van der Waals surface area contributed by atoms with Crippen molar-refractivity contribution in [3.63, 3.8) is 0 Å². The van der Waals surface area contributed by atoms with Gasteiger partial charge in [0.15, 0.2) is 0 Å². The van der Waals surface area contributed by atoms with Gasteiger partial charge in [-0.25, -0.2) is 0 Å². The van der Waals surface area contributed by atoms with Gasteiger partial charge in [0.05, 0.1) is 5.92 Å². The minimum Gasteiger partial charge on any atom is -0.480 e. The van der Waals surface area contributed by atoms with Crippen LogP contribution in [-0.2, 0) is 4.79 Å². The molecule has 1 saturated heterocycles. The number of rotatable bonds is 6. The van der Waals surface area contributed by atoms with Crippen LogP contribution < -0.4 is 5.32 Å². The van der Waals surface area contributed by atoms with E-state index in [9.17, 15) is 23.1 Å². The molecule has 0 bridgehead atoms. The molecule has 0 aromatic carbocycles. The number of carbonyl (C=O) groups is 1. The van der Waals surface area contributed by atoms with Crippen LogP contribution in [0.1, 0.15) is 32.6 Å². The van der Waals surface area contributed by atoms with Crippen LogP contribution in [0, 0.1) is 11.8 Å². The second-order valence-electron chi connectivity index (χ2n) is 6.20. The van der Waals surface area contributed by atoms with Crippen molar-refractivity contribution in [2.45, 2.75) is 44.3 Å². The monoisotopic (exact) mass is 308 g/mol. The molecule has 2 N–H and O–H groups in total. The largest absolute Gasteiger partial charge is 0.480 e. The zero-order valence-corrected chi connectivity index (χ0v) is 12.2. The van der Waals surface area contributed by atoms with Crippen LogP contribution in [0.5, 0.6) is 0 Å². The molecule has 122 valence electrons. The normalized spacial score (nSPS) is 27.3. The molecule has 7 heteroatoms. The Bertz CT molecular complexity index is 385. The van der Waals surface area contributed by atoms with Gasteiger partial charge in [0.25, 0.3) is 0 Å². The fraction of sp³-hybridized carbons (Fsp3) is 0.929. The number of hydrogen-bond acceptors (Lipinski definition) is 3. The Labute approximate surface area is 122 Å². The molecular formula is C14H23F3N2O2. The summed E-state index contributed by atoms with van der Waals surface area (Å²) in [6.07, 6.45) is -1.92. The van der Waals surface area contributed by atoms with Crippen LogP contribution in [0.15, 0.2) is 0 Å². The molecule has 1 saturated carbocycles. The summed E-state index contributed by atoms with van der Waals surface area (Å²) in [6, 6.07) is 0. The fourth-order valence-electron chi connectivity index (χ4n) is 3.36. The van der Waals surface area contributed by atoms with E-state index in [4.69, 9.17) is 0 Å². The van der Waals surface area contributed by atoms with Gasteiger partial charge in [-0.3, -0.25) is 4.79 Å².